The van der Waals surface area contributed by atoms with Gasteiger partial charge >= 0.3 is 23.9 Å². The summed E-state index contributed by atoms with van der Waals surface area (Å²) in [6.45, 7) is 8.76. The number of esters is 4. The van der Waals surface area contributed by atoms with Crippen LogP contribution in [0.4, 0.5) is 0 Å². The van der Waals surface area contributed by atoms with Crippen molar-refractivity contribution >= 4 is 23.9 Å². The lowest BCUT2D eigenvalue weighted by Gasteiger charge is -2.24. The van der Waals surface area contributed by atoms with Crippen molar-refractivity contribution in [3.05, 3.63) is 12.2 Å². The van der Waals surface area contributed by atoms with Crippen LogP contribution in [0.25, 0.3) is 0 Å². The van der Waals surface area contributed by atoms with Crippen LogP contribution in [0.2, 0.25) is 0 Å². The average Bonchev–Trinajstić information content (AvgIpc) is 2.94. The number of hydrogen-bond acceptors (Lipinski definition) is 8. The third-order valence-corrected chi connectivity index (χ3v) is 4.05. The highest BCUT2D eigenvalue weighted by atomic mass is 16.6. The predicted molar refractivity (Wildman–Crippen MR) is 94.3 cm³/mol. The smallest absolute Gasteiger partial charge is 0.333 e. The zero-order valence-corrected chi connectivity index (χ0v) is 16.3. The van der Waals surface area contributed by atoms with Crippen molar-refractivity contribution in [3.8, 4) is 0 Å². The highest BCUT2D eigenvalue weighted by molar-refractivity contribution is 5.87. The summed E-state index contributed by atoms with van der Waals surface area (Å²) in [4.78, 5) is 46.8. The van der Waals surface area contributed by atoms with Crippen molar-refractivity contribution in [2.45, 2.75) is 58.7 Å². The molecule has 8 heteroatoms. The number of rotatable bonds is 10. The normalized spacial score (nSPS) is 20.0. The molecule has 0 bridgehead atoms. The molecule has 1 saturated heterocycles. The highest BCUT2D eigenvalue weighted by Gasteiger charge is 2.41. The van der Waals surface area contributed by atoms with E-state index in [2.05, 4.69) is 11.3 Å². The molecule has 0 N–H and O–H groups in total. The Balaban J connectivity index is 2.61. The number of ether oxygens (including phenoxy) is 4. The summed E-state index contributed by atoms with van der Waals surface area (Å²) >= 11 is 0. The Kier molecular flexibility index (Phi) is 8.97. The van der Waals surface area contributed by atoms with Crippen molar-refractivity contribution in [1.29, 1.82) is 0 Å². The van der Waals surface area contributed by atoms with Gasteiger partial charge in [0.2, 0.25) is 0 Å². The topological polar surface area (TPSA) is 105 Å². The molecule has 152 valence electrons. The fourth-order valence-corrected chi connectivity index (χ4v) is 2.67. The molecule has 1 rings (SSSR count). The van der Waals surface area contributed by atoms with Gasteiger partial charge in [-0.1, -0.05) is 20.4 Å². The van der Waals surface area contributed by atoms with E-state index in [0.29, 0.717) is 6.42 Å². The van der Waals surface area contributed by atoms with Gasteiger partial charge in [0.05, 0.1) is 25.9 Å². The molecule has 1 fully saturated rings. The first-order chi connectivity index (χ1) is 12.6. The zero-order valence-electron chi connectivity index (χ0n) is 16.3. The number of methoxy groups -OCH3 is 1. The van der Waals surface area contributed by atoms with Crippen molar-refractivity contribution < 1.29 is 38.1 Å². The Labute approximate surface area is 159 Å². The number of carbonyl (C=O) groups is 4. The molecule has 0 aromatic rings. The first kappa shape index (κ1) is 22.7. The molecular weight excluding hydrogens is 356 g/mol. The molecule has 1 aliphatic heterocycles. The van der Waals surface area contributed by atoms with Crippen molar-refractivity contribution in [2.24, 2.45) is 11.8 Å². The van der Waals surface area contributed by atoms with Crippen LogP contribution in [-0.2, 0) is 38.1 Å². The van der Waals surface area contributed by atoms with Gasteiger partial charge in [-0.3, -0.25) is 14.4 Å². The first-order valence-electron chi connectivity index (χ1n) is 8.93. The van der Waals surface area contributed by atoms with Crippen LogP contribution < -0.4 is 0 Å². The van der Waals surface area contributed by atoms with E-state index < -0.39 is 42.0 Å². The van der Waals surface area contributed by atoms with E-state index in [4.69, 9.17) is 14.2 Å². The van der Waals surface area contributed by atoms with Crippen LogP contribution in [0.1, 0.15) is 46.5 Å². The van der Waals surface area contributed by atoms with Gasteiger partial charge in [-0.15, -0.1) is 0 Å². The van der Waals surface area contributed by atoms with Crippen molar-refractivity contribution in [1.82, 2.24) is 0 Å². The largest absolute Gasteiger partial charge is 0.469 e. The van der Waals surface area contributed by atoms with Crippen LogP contribution in [0, 0.1) is 11.8 Å². The van der Waals surface area contributed by atoms with Crippen LogP contribution in [0.15, 0.2) is 12.2 Å². The minimum absolute atomic E-state index is 0.0645. The first-order valence-corrected chi connectivity index (χ1v) is 8.93. The van der Waals surface area contributed by atoms with Crippen molar-refractivity contribution in [3.63, 3.8) is 0 Å². The summed E-state index contributed by atoms with van der Waals surface area (Å²) in [5.41, 5.74) is 0.246. The Morgan fingerprint density at radius 2 is 1.93 bits per heavy atom. The SMILES string of the molecule is C=C(C)C(=O)OCCC(=O)OC(CC(C)C)C1CC(CC(=O)OC)C(=O)O1. The number of cyclic esters (lactones) is 1. The van der Waals surface area contributed by atoms with Gasteiger partial charge in [-0.2, -0.15) is 0 Å². The van der Waals surface area contributed by atoms with E-state index in [9.17, 15) is 19.2 Å². The van der Waals surface area contributed by atoms with E-state index in [-0.39, 0.29) is 37.4 Å². The molecule has 8 nitrogen and oxygen atoms in total. The van der Waals surface area contributed by atoms with E-state index in [0.717, 1.165) is 0 Å². The second-order valence-corrected chi connectivity index (χ2v) is 7.01. The maximum atomic E-state index is 12.1. The molecule has 3 atom stereocenters. The maximum Gasteiger partial charge on any atom is 0.333 e. The number of carbonyl (C=O) groups excluding carboxylic acids is 4. The summed E-state index contributed by atoms with van der Waals surface area (Å²) in [5, 5.41) is 0. The summed E-state index contributed by atoms with van der Waals surface area (Å²) < 4.78 is 20.3. The monoisotopic (exact) mass is 384 g/mol. The van der Waals surface area contributed by atoms with Crippen LogP contribution in [0.5, 0.6) is 0 Å². The molecule has 0 aromatic heterocycles. The molecule has 1 heterocycles. The van der Waals surface area contributed by atoms with Gasteiger partial charge in [0, 0.05) is 12.0 Å². The van der Waals surface area contributed by atoms with Crippen LogP contribution >= 0.6 is 0 Å². The second-order valence-electron chi connectivity index (χ2n) is 7.01. The molecule has 0 radical (unpaired) electrons. The molecule has 3 unspecified atom stereocenters. The Hall–Kier alpha value is -2.38. The molecule has 0 spiro atoms. The lowest BCUT2D eigenvalue weighted by molar-refractivity contribution is -0.164. The number of hydrogen-bond donors (Lipinski definition) is 0. The van der Waals surface area contributed by atoms with Gasteiger partial charge in [0.25, 0.3) is 0 Å². The summed E-state index contributed by atoms with van der Waals surface area (Å²) in [7, 11) is 1.25. The lowest BCUT2D eigenvalue weighted by Crippen LogP contribution is -2.33. The van der Waals surface area contributed by atoms with Crippen LogP contribution in [-0.4, -0.2) is 49.8 Å². The fourth-order valence-electron chi connectivity index (χ4n) is 2.67. The summed E-state index contributed by atoms with van der Waals surface area (Å²) in [5.74, 6) is -2.52. The molecule has 0 amide bonds. The third-order valence-electron chi connectivity index (χ3n) is 4.05. The summed E-state index contributed by atoms with van der Waals surface area (Å²) in [6, 6.07) is 0. The van der Waals surface area contributed by atoms with Gasteiger partial charge in [-0.05, 0) is 19.3 Å². The minimum atomic E-state index is -0.624. The van der Waals surface area contributed by atoms with Gasteiger partial charge in [0.15, 0.2) is 0 Å². The average molecular weight is 384 g/mol. The predicted octanol–water partition coefficient (Wildman–Crippen LogP) is 1.95. The molecular formula is C19H28O8. The second kappa shape index (κ2) is 10.7. The van der Waals surface area contributed by atoms with E-state index in [1.807, 2.05) is 13.8 Å². The standard InChI is InChI=1S/C19H28O8/c1-11(2)8-14(26-16(20)6-7-25-18(22)12(3)4)15-9-13(19(23)27-15)10-17(21)24-5/h11,13-15H,3,6-10H2,1-2,4-5H3. The Morgan fingerprint density at radius 3 is 2.48 bits per heavy atom. The van der Waals surface area contributed by atoms with Gasteiger partial charge in [0.1, 0.15) is 18.8 Å². The quantitative estimate of drug-likeness (QED) is 0.320. The van der Waals surface area contributed by atoms with E-state index >= 15 is 0 Å². The summed E-state index contributed by atoms with van der Waals surface area (Å²) in [6.07, 6.45) is -0.633. The van der Waals surface area contributed by atoms with Crippen LogP contribution in [0.3, 0.4) is 0 Å². The molecule has 0 aromatic carbocycles. The Bertz CT molecular complexity index is 580. The Morgan fingerprint density at radius 1 is 1.26 bits per heavy atom. The van der Waals surface area contributed by atoms with Crippen molar-refractivity contribution in [2.75, 3.05) is 13.7 Å². The lowest BCUT2D eigenvalue weighted by atomic mass is 9.95. The minimum Gasteiger partial charge on any atom is -0.469 e. The molecule has 0 aliphatic carbocycles. The molecule has 27 heavy (non-hydrogen) atoms. The third kappa shape index (κ3) is 7.80. The molecule has 1 aliphatic rings. The fraction of sp³-hybridized carbons (Fsp3) is 0.684. The molecule has 0 saturated carbocycles. The van der Waals surface area contributed by atoms with E-state index in [1.54, 1.807) is 0 Å². The maximum absolute atomic E-state index is 12.1. The zero-order chi connectivity index (χ0) is 20.6. The van der Waals surface area contributed by atoms with E-state index in [1.165, 1.54) is 14.0 Å². The van der Waals surface area contributed by atoms with Gasteiger partial charge in [-0.25, -0.2) is 4.79 Å². The highest BCUT2D eigenvalue weighted by Crippen LogP contribution is 2.30. The van der Waals surface area contributed by atoms with Gasteiger partial charge < -0.3 is 18.9 Å².